The van der Waals surface area contributed by atoms with Crippen molar-refractivity contribution in [3.8, 4) is 0 Å². The van der Waals surface area contributed by atoms with Crippen LogP contribution in [0.15, 0.2) is 18.2 Å². The van der Waals surface area contributed by atoms with E-state index in [4.69, 9.17) is 0 Å². The average molecular weight is 289 g/mol. The smallest absolute Gasteiger partial charge is 0.0253 e. The van der Waals surface area contributed by atoms with Gasteiger partial charge in [-0.25, -0.2) is 0 Å². The molecule has 1 aromatic rings. The molecule has 0 fully saturated rings. The van der Waals surface area contributed by atoms with E-state index in [1.54, 1.807) is 16.7 Å². The Bertz CT molecular complexity index is 330. The molecule has 0 heteroatoms. The fourth-order valence-corrected chi connectivity index (χ4v) is 2.83. The summed E-state index contributed by atoms with van der Waals surface area (Å²) in [6.07, 6.45) is 7.53. The van der Waals surface area contributed by atoms with Crippen LogP contribution in [-0.4, -0.2) is 0 Å². The maximum atomic E-state index is 2.47. The summed E-state index contributed by atoms with van der Waals surface area (Å²) in [6.45, 7) is 14.0. The SMILES string of the molecule is CCC(C)Cc1cc(CC(C)CC)cc(CC(C)CC)c1. The Balaban J connectivity index is 2.95. The van der Waals surface area contributed by atoms with Crippen molar-refractivity contribution >= 4 is 0 Å². The zero-order valence-electron chi connectivity index (χ0n) is 15.2. The average Bonchev–Trinajstić information content (AvgIpc) is 2.46. The first kappa shape index (κ1) is 18.3. The van der Waals surface area contributed by atoms with Crippen molar-refractivity contribution in [2.45, 2.75) is 80.1 Å². The molecule has 1 rings (SSSR count). The van der Waals surface area contributed by atoms with Gasteiger partial charge in [0.2, 0.25) is 0 Å². The Morgan fingerprint density at radius 3 is 1.00 bits per heavy atom. The molecule has 0 amide bonds. The van der Waals surface area contributed by atoms with Crippen molar-refractivity contribution in [3.63, 3.8) is 0 Å². The molecule has 0 aliphatic heterocycles. The van der Waals surface area contributed by atoms with Crippen molar-refractivity contribution in [1.82, 2.24) is 0 Å². The van der Waals surface area contributed by atoms with Gasteiger partial charge in [0.15, 0.2) is 0 Å². The normalized spacial score (nSPS) is 15.7. The van der Waals surface area contributed by atoms with E-state index in [1.165, 1.54) is 38.5 Å². The third-order valence-corrected chi connectivity index (χ3v) is 4.96. The molecule has 0 radical (unpaired) electrons. The summed E-state index contributed by atoms with van der Waals surface area (Å²) in [5.74, 6) is 2.38. The van der Waals surface area contributed by atoms with Crippen LogP contribution in [-0.2, 0) is 19.3 Å². The first-order chi connectivity index (χ1) is 9.98. The molecule has 0 aliphatic rings. The summed E-state index contributed by atoms with van der Waals surface area (Å²) in [7, 11) is 0. The highest BCUT2D eigenvalue weighted by molar-refractivity contribution is 5.31. The van der Waals surface area contributed by atoms with E-state index in [0.29, 0.717) is 0 Å². The Morgan fingerprint density at radius 2 is 0.810 bits per heavy atom. The Labute approximate surface area is 133 Å². The van der Waals surface area contributed by atoms with Gasteiger partial charge < -0.3 is 0 Å². The lowest BCUT2D eigenvalue weighted by atomic mass is 9.89. The van der Waals surface area contributed by atoms with Gasteiger partial charge >= 0.3 is 0 Å². The van der Waals surface area contributed by atoms with Crippen molar-refractivity contribution < 1.29 is 0 Å². The molecule has 0 bridgehead atoms. The number of rotatable bonds is 9. The van der Waals surface area contributed by atoms with E-state index in [1.807, 2.05) is 0 Å². The van der Waals surface area contributed by atoms with Crippen LogP contribution in [0.3, 0.4) is 0 Å². The van der Waals surface area contributed by atoms with Crippen LogP contribution in [0.5, 0.6) is 0 Å². The maximum Gasteiger partial charge on any atom is -0.0253 e. The van der Waals surface area contributed by atoms with Gasteiger partial charge in [0.05, 0.1) is 0 Å². The summed E-state index contributed by atoms with van der Waals surface area (Å²) in [6, 6.07) is 7.41. The predicted molar refractivity (Wildman–Crippen MR) is 95.9 cm³/mol. The molecule has 0 heterocycles. The van der Waals surface area contributed by atoms with Gasteiger partial charge in [-0.2, -0.15) is 0 Å². The van der Waals surface area contributed by atoms with E-state index in [0.717, 1.165) is 17.8 Å². The van der Waals surface area contributed by atoms with Gasteiger partial charge in [0.1, 0.15) is 0 Å². The second-order valence-corrected chi connectivity index (χ2v) is 7.31. The van der Waals surface area contributed by atoms with Crippen molar-refractivity contribution in [3.05, 3.63) is 34.9 Å². The number of benzene rings is 1. The Kier molecular flexibility index (Phi) is 8.07. The first-order valence-electron chi connectivity index (χ1n) is 9.10. The lowest BCUT2D eigenvalue weighted by Gasteiger charge is -2.16. The summed E-state index contributed by atoms with van der Waals surface area (Å²) in [5, 5.41) is 0. The molecular formula is C21H36. The van der Waals surface area contributed by atoms with Gasteiger partial charge in [0, 0.05) is 0 Å². The van der Waals surface area contributed by atoms with Crippen LogP contribution < -0.4 is 0 Å². The van der Waals surface area contributed by atoms with Crippen molar-refractivity contribution in [2.24, 2.45) is 17.8 Å². The molecular weight excluding hydrogens is 252 g/mol. The summed E-state index contributed by atoms with van der Waals surface area (Å²) in [4.78, 5) is 0. The standard InChI is InChI=1S/C21H36/c1-7-16(4)10-19-13-20(11-17(5)8-2)15-21(14-19)12-18(6)9-3/h13-18H,7-12H2,1-6H3. The van der Waals surface area contributed by atoms with E-state index in [9.17, 15) is 0 Å². The van der Waals surface area contributed by atoms with Gasteiger partial charge in [-0.1, -0.05) is 79.0 Å². The second kappa shape index (κ2) is 9.28. The van der Waals surface area contributed by atoms with E-state index in [2.05, 4.69) is 59.7 Å². The third kappa shape index (κ3) is 6.68. The highest BCUT2D eigenvalue weighted by Gasteiger charge is 2.09. The van der Waals surface area contributed by atoms with Crippen LogP contribution in [0, 0.1) is 17.8 Å². The highest BCUT2D eigenvalue weighted by atomic mass is 14.1. The largest absolute Gasteiger partial charge is 0.0651 e. The molecule has 1 aromatic carbocycles. The van der Waals surface area contributed by atoms with Gasteiger partial charge in [-0.15, -0.1) is 0 Å². The van der Waals surface area contributed by atoms with Crippen molar-refractivity contribution in [2.75, 3.05) is 0 Å². The van der Waals surface area contributed by atoms with Gasteiger partial charge in [-0.3, -0.25) is 0 Å². The van der Waals surface area contributed by atoms with E-state index >= 15 is 0 Å². The fraction of sp³-hybridized carbons (Fsp3) is 0.714. The minimum atomic E-state index is 0.792. The van der Waals surface area contributed by atoms with E-state index in [-0.39, 0.29) is 0 Å². The quantitative estimate of drug-likeness (QED) is 0.489. The minimum Gasteiger partial charge on any atom is -0.0651 e. The molecule has 3 atom stereocenters. The number of hydrogen-bond acceptors (Lipinski definition) is 0. The Morgan fingerprint density at radius 1 is 0.571 bits per heavy atom. The van der Waals surface area contributed by atoms with Crippen LogP contribution in [0.1, 0.15) is 77.5 Å². The monoisotopic (exact) mass is 288 g/mol. The maximum absolute atomic E-state index is 2.47. The fourth-order valence-electron chi connectivity index (χ4n) is 2.83. The van der Waals surface area contributed by atoms with Gasteiger partial charge in [-0.05, 0) is 53.7 Å². The first-order valence-corrected chi connectivity index (χ1v) is 9.10. The van der Waals surface area contributed by atoms with Crippen molar-refractivity contribution in [1.29, 1.82) is 0 Å². The topological polar surface area (TPSA) is 0 Å². The van der Waals surface area contributed by atoms with Crippen LogP contribution >= 0.6 is 0 Å². The molecule has 3 unspecified atom stereocenters. The molecule has 0 saturated carbocycles. The minimum absolute atomic E-state index is 0.792. The van der Waals surface area contributed by atoms with E-state index < -0.39 is 0 Å². The molecule has 0 N–H and O–H groups in total. The van der Waals surface area contributed by atoms with Crippen LogP contribution in [0.4, 0.5) is 0 Å². The molecule has 0 nitrogen and oxygen atoms in total. The molecule has 120 valence electrons. The summed E-state index contributed by atoms with van der Waals surface area (Å²) >= 11 is 0. The van der Waals surface area contributed by atoms with Gasteiger partial charge in [0.25, 0.3) is 0 Å². The van der Waals surface area contributed by atoms with Crippen LogP contribution in [0.2, 0.25) is 0 Å². The zero-order valence-corrected chi connectivity index (χ0v) is 15.2. The molecule has 21 heavy (non-hydrogen) atoms. The zero-order chi connectivity index (χ0) is 15.8. The third-order valence-electron chi connectivity index (χ3n) is 4.96. The molecule has 0 aromatic heterocycles. The predicted octanol–water partition coefficient (Wildman–Crippen LogP) is 6.45. The Hall–Kier alpha value is -0.780. The second-order valence-electron chi connectivity index (χ2n) is 7.31. The molecule has 0 aliphatic carbocycles. The highest BCUT2D eigenvalue weighted by Crippen LogP contribution is 2.21. The van der Waals surface area contributed by atoms with Crippen LogP contribution in [0.25, 0.3) is 0 Å². The summed E-state index contributed by atoms with van der Waals surface area (Å²) < 4.78 is 0. The number of hydrogen-bond donors (Lipinski definition) is 0. The summed E-state index contributed by atoms with van der Waals surface area (Å²) in [5.41, 5.74) is 4.68. The lowest BCUT2D eigenvalue weighted by molar-refractivity contribution is 0.544. The lowest BCUT2D eigenvalue weighted by Crippen LogP contribution is -2.05. The molecule has 0 saturated heterocycles. The molecule has 0 spiro atoms.